The van der Waals surface area contributed by atoms with Crippen molar-refractivity contribution in [2.45, 2.75) is 27.4 Å². The Morgan fingerprint density at radius 1 is 0.909 bits per heavy atom. The monoisotopic (exact) mass is 299 g/mol. The third-order valence-electron chi connectivity index (χ3n) is 2.66. The second-order valence-electron chi connectivity index (χ2n) is 6.13. The minimum Gasteiger partial charge on any atom is -0.457 e. The average molecular weight is 299 g/mol. The molecule has 0 heterocycles. The molecule has 2 rings (SSSR count). The topological polar surface area (TPSA) is 46.2 Å². The largest absolute Gasteiger partial charge is 0.457 e. The first kappa shape index (κ1) is 17.9. The van der Waals surface area contributed by atoms with E-state index in [0.717, 1.165) is 5.56 Å². The van der Waals surface area contributed by atoms with Crippen LogP contribution in [0, 0.1) is 5.41 Å². The molecule has 0 saturated carbocycles. The second kappa shape index (κ2) is 9.00. The van der Waals surface area contributed by atoms with E-state index < -0.39 is 0 Å². The standard InChI is InChI=1S/C14H12O2.C5H11O/c15-14(13-9-5-2-6-10-13)16-11-12-7-3-1-4-8-12;1-5(2,3)4-6/h1-10H,11H2;4H2,1-3H3. The summed E-state index contributed by atoms with van der Waals surface area (Å²) in [6, 6.07) is 18.6. The molecule has 3 nitrogen and oxygen atoms in total. The highest BCUT2D eigenvalue weighted by atomic mass is 16.5. The molecule has 0 aliphatic carbocycles. The van der Waals surface area contributed by atoms with Gasteiger partial charge in [-0.25, -0.2) is 9.90 Å². The van der Waals surface area contributed by atoms with Crippen LogP contribution in [0.1, 0.15) is 36.7 Å². The Morgan fingerprint density at radius 2 is 1.36 bits per heavy atom. The van der Waals surface area contributed by atoms with Gasteiger partial charge >= 0.3 is 5.97 Å². The van der Waals surface area contributed by atoms with E-state index in [4.69, 9.17) is 4.74 Å². The molecule has 0 saturated heterocycles. The van der Waals surface area contributed by atoms with Crippen LogP contribution < -0.4 is 0 Å². The lowest BCUT2D eigenvalue weighted by molar-refractivity contribution is 0.0472. The number of hydrogen-bond acceptors (Lipinski definition) is 2. The van der Waals surface area contributed by atoms with Crippen molar-refractivity contribution in [1.29, 1.82) is 0 Å². The van der Waals surface area contributed by atoms with Crippen molar-refractivity contribution in [2.75, 3.05) is 6.61 Å². The molecule has 3 heteroatoms. The fourth-order valence-electron chi connectivity index (χ4n) is 1.38. The Balaban J connectivity index is 0.000000346. The molecule has 117 valence electrons. The fraction of sp³-hybridized carbons (Fsp3) is 0.316. The smallest absolute Gasteiger partial charge is 0.338 e. The fourth-order valence-corrected chi connectivity index (χ4v) is 1.38. The Bertz CT molecular complexity index is 542. The number of benzene rings is 2. The van der Waals surface area contributed by atoms with Gasteiger partial charge in [0, 0.05) is 0 Å². The molecule has 0 atom stereocenters. The number of carbonyl (C=O) groups excluding carboxylic acids is 1. The summed E-state index contributed by atoms with van der Waals surface area (Å²) in [6.45, 7) is 6.13. The summed E-state index contributed by atoms with van der Waals surface area (Å²) >= 11 is 0. The van der Waals surface area contributed by atoms with Crippen molar-refractivity contribution in [1.82, 2.24) is 0 Å². The first-order valence-electron chi connectivity index (χ1n) is 7.26. The normalized spacial score (nSPS) is 10.4. The zero-order valence-electron chi connectivity index (χ0n) is 13.4. The minimum atomic E-state index is -0.288. The highest BCUT2D eigenvalue weighted by molar-refractivity contribution is 5.89. The van der Waals surface area contributed by atoms with Gasteiger partial charge in [0.05, 0.1) is 12.2 Å². The number of rotatable bonds is 3. The van der Waals surface area contributed by atoms with E-state index in [2.05, 4.69) is 0 Å². The van der Waals surface area contributed by atoms with Crippen molar-refractivity contribution >= 4 is 5.97 Å². The minimum absolute atomic E-state index is 0.0139. The van der Waals surface area contributed by atoms with Gasteiger partial charge in [-0.2, -0.15) is 0 Å². The van der Waals surface area contributed by atoms with Crippen LogP contribution in [0.25, 0.3) is 0 Å². The summed E-state index contributed by atoms with van der Waals surface area (Å²) in [7, 11) is 0. The van der Waals surface area contributed by atoms with E-state index in [1.807, 2.05) is 69.3 Å². The van der Waals surface area contributed by atoms with E-state index in [-0.39, 0.29) is 18.0 Å². The first-order chi connectivity index (χ1) is 10.4. The molecule has 0 aromatic heterocycles. The van der Waals surface area contributed by atoms with Gasteiger partial charge in [-0.15, -0.1) is 0 Å². The van der Waals surface area contributed by atoms with Crippen LogP contribution in [0.3, 0.4) is 0 Å². The first-order valence-corrected chi connectivity index (χ1v) is 7.26. The quantitative estimate of drug-likeness (QED) is 0.783. The maximum Gasteiger partial charge on any atom is 0.338 e. The highest BCUT2D eigenvalue weighted by Gasteiger charge is 2.06. The lowest BCUT2D eigenvalue weighted by atomic mass is 9.99. The zero-order valence-corrected chi connectivity index (χ0v) is 13.4. The van der Waals surface area contributed by atoms with Gasteiger partial charge in [-0.3, -0.25) is 0 Å². The molecule has 22 heavy (non-hydrogen) atoms. The van der Waals surface area contributed by atoms with E-state index in [0.29, 0.717) is 12.2 Å². The predicted octanol–water partition coefficient (Wildman–Crippen LogP) is 4.51. The van der Waals surface area contributed by atoms with Gasteiger partial charge in [0.15, 0.2) is 0 Å². The summed E-state index contributed by atoms with van der Waals surface area (Å²) in [4.78, 5) is 11.6. The third kappa shape index (κ3) is 7.60. The van der Waals surface area contributed by atoms with Gasteiger partial charge in [0.1, 0.15) is 6.61 Å². The van der Waals surface area contributed by atoms with Crippen molar-refractivity contribution in [3.8, 4) is 0 Å². The van der Waals surface area contributed by atoms with Crippen LogP contribution in [0.4, 0.5) is 0 Å². The van der Waals surface area contributed by atoms with E-state index >= 15 is 0 Å². The summed E-state index contributed by atoms with van der Waals surface area (Å²) < 4.78 is 5.18. The Morgan fingerprint density at radius 3 is 1.82 bits per heavy atom. The number of hydrogen-bond donors (Lipinski definition) is 0. The molecule has 1 radical (unpaired) electrons. The molecule has 0 N–H and O–H groups in total. The molecule has 0 bridgehead atoms. The maximum atomic E-state index is 11.6. The van der Waals surface area contributed by atoms with Crippen molar-refractivity contribution in [3.05, 3.63) is 71.8 Å². The zero-order chi connectivity index (χ0) is 16.4. The van der Waals surface area contributed by atoms with Gasteiger partial charge in [-0.1, -0.05) is 69.3 Å². The lowest BCUT2D eigenvalue weighted by Crippen LogP contribution is -2.08. The molecule has 0 aliphatic heterocycles. The van der Waals surface area contributed by atoms with Gasteiger partial charge in [-0.05, 0) is 23.1 Å². The number of ether oxygens (including phenoxy) is 1. The van der Waals surface area contributed by atoms with Crippen LogP contribution in [0.15, 0.2) is 60.7 Å². The lowest BCUT2D eigenvalue weighted by Gasteiger charge is -2.09. The van der Waals surface area contributed by atoms with Gasteiger partial charge in [0.2, 0.25) is 0 Å². The molecule has 2 aromatic carbocycles. The van der Waals surface area contributed by atoms with Gasteiger partial charge < -0.3 is 4.74 Å². The van der Waals surface area contributed by atoms with E-state index in [1.54, 1.807) is 12.1 Å². The molecule has 0 aliphatic rings. The van der Waals surface area contributed by atoms with Gasteiger partial charge in [0.25, 0.3) is 0 Å². The molecule has 0 amide bonds. The maximum absolute atomic E-state index is 11.6. The molecular formula is C19H23O3. The molecular weight excluding hydrogens is 276 g/mol. The van der Waals surface area contributed by atoms with Crippen molar-refractivity contribution < 1.29 is 14.6 Å². The predicted molar refractivity (Wildman–Crippen MR) is 87.0 cm³/mol. The van der Waals surface area contributed by atoms with Crippen LogP contribution in [0.2, 0.25) is 0 Å². The Kier molecular flexibility index (Phi) is 7.33. The van der Waals surface area contributed by atoms with Crippen molar-refractivity contribution in [2.24, 2.45) is 5.41 Å². The number of esters is 1. The van der Waals surface area contributed by atoms with Crippen molar-refractivity contribution in [3.63, 3.8) is 0 Å². The average Bonchev–Trinajstić information content (AvgIpc) is 2.54. The van der Waals surface area contributed by atoms with E-state index in [1.165, 1.54) is 0 Å². The molecule has 0 fully saturated rings. The number of carbonyl (C=O) groups is 1. The van der Waals surface area contributed by atoms with Crippen LogP contribution >= 0.6 is 0 Å². The summed E-state index contributed by atoms with van der Waals surface area (Å²) in [5.74, 6) is -0.288. The summed E-state index contributed by atoms with van der Waals surface area (Å²) in [5.41, 5.74) is 1.56. The Hall–Kier alpha value is -2.13. The molecule has 2 aromatic rings. The van der Waals surface area contributed by atoms with Crippen LogP contribution in [0.5, 0.6) is 0 Å². The SMILES string of the molecule is CC(C)(C)C[O].O=C(OCc1ccccc1)c1ccccc1. The summed E-state index contributed by atoms with van der Waals surface area (Å²) in [5, 5.41) is 9.95. The third-order valence-corrected chi connectivity index (χ3v) is 2.66. The molecule has 0 unspecified atom stereocenters. The molecule has 0 spiro atoms. The summed E-state index contributed by atoms with van der Waals surface area (Å²) in [6.07, 6.45) is 0. The van der Waals surface area contributed by atoms with E-state index in [9.17, 15) is 9.90 Å². The van der Waals surface area contributed by atoms with Crippen LogP contribution in [-0.2, 0) is 16.5 Å². The highest BCUT2D eigenvalue weighted by Crippen LogP contribution is 2.09. The Labute approximate surface area is 132 Å². The van der Waals surface area contributed by atoms with Crippen LogP contribution in [-0.4, -0.2) is 12.6 Å². The second-order valence-corrected chi connectivity index (χ2v) is 6.13.